The summed E-state index contributed by atoms with van der Waals surface area (Å²) in [7, 11) is -1.62. The molecule has 0 bridgehead atoms. The fourth-order valence-corrected chi connectivity index (χ4v) is 3.13. The maximum Gasteiger partial charge on any atom is 0.338 e. The fourth-order valence-electron chi connectivity index (χ4n) is 2.05. The zero-order chi connectivity index (χ0) is 18.9. The number of hydrogen-bond acceptors (Lipinski definition) is 3. The van der Waals surface area contributed by atoms with E-state index in [1.54, 1.807) is 12.1 Å². The number of allylic oxidation sites excluding steroid dienone is 1. The first-order chi connectivity index (χ1) is 11.6. The van der Waals surface area contributed by atoms with Crippen molar-refractivity contribution >= 4 is 14.3 Å². The molecule has 0 saturated carbocycles. The molecule has 0 aliphatic carbocycles. The van der Waals surface area contributed by atoms with Crippen LogP contribution in [0.1, 0.15) is 57.3 Å². The zero-order valence-corrected chi connectivity index (χ0v) is 17.7. The van der Waals surface area contributed by atoms with E-state index in [1.165, 1.54) is 0 Å². The molecule has 1 atom stereocenters. The molecule has 0 aromatic heterocycles. The van der Waals surface area contributed by atoms with E-state index in [2.05, 4.69) is 39.9 Å². The highest BCUT2D eigenvalue weighted by molar-refractivity contribution is 6.74. The van der Waals surface area contributed by atoms with E-state index in [0.717, 1.165) is 25.9 Å². The van der Waals surface area contributed by atoms with Gasteiger partial charge < -0.3 is 9.16 Å². The van der Waals surface area contributed by atoms with Crippen molar-refractivity contribution in [1.29, 1.82) is 0 Å². The summed E-state index contributed by atoms with van der Waals surface area (Å²) < 4.78 is 11.6. The second-order valence-electron chi connectivity index (χ2n) is 8.01. The lowest BCUT2D eigenvalue weighted by Gasteiger charge is -2.36. The Morgan fingerprint density at radius 1 is 1.16 bits per heavy atom. The summed E-state index contributed by atoms with van der Waals surface area (Å²) in [5.74, 6) is -0.277. The summed E-state index contributed by atoms with van der Waals surface area (Å²) in [5.41, 5.74) is 0.588. The lowest BCUT2D eigenvalue weighted by molar-refractivity contribution is 0.0424. The number of carbonyl (C=O) groups excluding carboxylic acids is 1. The highest BCUT2D eigenvalue weighted by Gasteiger charge is 2.36. The molecule has 25 heavy (non-hydrogen) atoms. The second-order valence-corrected chi connectivity index (χ2v) is 12.8. The van der Waals surface area contributed by atoms with Gasteiger partial charge in [-0.05, 0) is 62.5 Å². The van der Waals surface area contributed by atoms with Crippen molar-refractivity contribution in [3.05, 3.63) is 48.0 Å². The molecule has 1 rings (SSSR count). The van der Waals surface area contributed by atoms with Crippen LogP contribution >= 0.6 is 0 Å². The maximum absolute atomic E-state index is 11.9. The Labute approximate surface area is 154 Å². The minimum Gasteiger partial charge on any atom is -0.455 e. The van der Waals surface area contributed by atoms with Gasteiger partial charge in [0, 0.05) is 6.61 Å². The van der Waals surface area contributed by atoms with Crippen molar-refractivity contribution in [2.75, 3.05) is 6.61 Å². The van der Waals surface area contributed by atoms with Crippen LogP contribution in [-0.2, 0) is 9.16 Å². The molecule has 3 nitrogen and oxygen atoms in total. The van der Waals surface area contributed by atoms with Crippen molar-refractivity contribution in [3.8, 4) is 0 Å². The smallest absolute Gasteiger partial charge is 0.338 e. The van der Waals surface area contributed by atoms with E-state index in [1.807, 2.05) is 31.2 Å². The SMILES string of the molecule is CC(/C=C/CCCCO[Si](C)(C)C(C)(C)C)OC(=O)c1ccccc1. The Bertz CT molecular complexity index is 544. The fraction of sp³-hybridized carbons (Fsp3) is 0.571. The highest BCUT2D eigenvalue weighted by atomic mass is 28.4. The average Bonchev–Trinajstić information content (AvgIpc) is 2.53. The first-order valence-corrected chi connectivity index (χ1v) is 12.1. The summed E-state index contributed by atoms with van der Waals surface area (Å²) in [6, 6.07) is 9.09. The van der Waals surface area contributed by atoms with Gasteiger partial charge in [0.25, 0.3) is 0 Å². The molecule has 0 aliphatic rings. The van der Waals surface area contributed by atoms with Gasteiger partial charge in [-0.2, -0.15) is 0 Å². The summed E-state index contributed by atoms with van der Waals surface area (Å²) in [6.45, 7) is 14.1. The lowest BCUT2D eigenvalue weighted by atomic mass is 10.2. The van der Waals surface area contributed by atoms with Gasteiger partial charge in [0.1, 0.15) is 6.10 Å². The molecular weight excluding hydrogens is 328 g/mol. The second kappa shape index (κ2) is 9.93. The molecule has 140 valence electrons. The molecule has 0 spiro atoms. The third-order valence-electron chi connectivity index (χ3n) is 4.74. The summed E-state index contributed by atoms with van der Waals surface area (Å²) in [5, 5.41) is 0.269. The third-order valence-corrected chi connectivity index (χ3v) is 9.28. The first kappa shape index (κ1) is 21.6. The number of rotatable bonds is 9. The Hall–Kier alpha value is -1.39. The van der Waals surface area contributed by atoms with Gasteiger partial charge in [0.05, 0.1) is 5.56 Å². The molecule has 0 radical (unpaired) electrons. The quantitative estimate of drug-likeness (QED) is 0.234. The van der Waals surface area contributed by atoms with Gasteiger partial charge in [-0.3, -0.25) is 0 Å². The zero-order valence-electron chi connectivity index (χ0n) is 16.7. The van der Waals surface area contributed by atoms with Crippen LogP contribution < -0.4 is 0 Å². The van der Waals surface area contributed by atoms with E-state index < -0.39 is 8.32 Å². The van der Waals surface area contributed by atoms with Gasteiger partial charge in [-0.15, -0.1) is 0 Å². The number of carbonyl (C=O) groups is 1. The topological polar surface area (TPSA) is 35.5 Å². The van der Waals surface area contributed by atoms with E-state index in [0.29, 0.717) is 5.56 Å². The maximum atomic E-state index is 11.9. The molecule has 0 amide bonds. The predicted molar refractivity (Wildman–Crippen MR) is 107 cm³/mol. The standard InChI is InChI=1S/C21H34O3Si/c1-18(24-20(22)19-15-11-9-12-16-19)14-10-7-8-13-17-23-25(5,6)21(2,3)4/h9-12,14-16,18H,7-8,13,17H2,1-6H3/b14-10+. The van der Waals surface area contributed by atoms with Gasteiger partial charge in [0.15, 0.2) is 8.32 Å². The molecule has 1 unspecified atom stereocenters. The molecule has 0 heterocycles. The Morgan fingerprint density at radius 2 is 1.80 bits per heavy atom. The average molecular weight is 363 g/mol. The van der Waals surface area contributed by atoms with Crippen molar-refractivity contribution in [2.24, 2.45) is 0 Å². The molecule has 1 aromatic carbocycles. The van der Waals surface area contributed by atoms with Crippen molar-refractivity contribution in [1.82, 2.24) is 0 Å². The molecule has 0 saturated heterocycles. The minimum atomic E-state index is -1.62. The number of esters is 1. The summed E-state index contributed by atoms with van der Waals surface area (Å²) >= 11 is 0. The van der Waals surface area contributed by atoms with Gasteiger partial charge in [-0.1, -0.05) is 45.0 Å². The lowest BCUT2D eigenvalue weighted by Crippen LogP contribution is -2.40. The number of benzene rings is 1. The Kier molecular flexibility index (Phi) is 8.60. The van der Waals surface area contributed by atoms with Crippen LogP contribution in [0.15, 0.2) is 42.5 Å². The first-order valence-electron chi connectivity index (χ1n) is 9.20. The Morgan fingerprint density at radius 3 is 2.40 bits per heavy atom. The minimum absolute atomic E-state index is 0.212. The molecule has 0 N–H and O–H groups in total. The van der Waals surface area contributed by atoms with Crippen LogP contribution in [0.2, 0.25) is 18.1 Å². The van der Waals surface area contributed by atoms with E-state index in [-0.39, 0.29) is 17.1 Å². The predicted octanol–water partition coefficient (Wildman–Crippen LogP) is 5.98. The van der Waals surface area contributed by atoms with Crippen LogP contribution in [0.4, 0.5) is 0 Å². The van der Waals surface area contributed by atoms with E-state index in [9.17, 15) is 4.79 Å². The molecule has 4 heteroatoms. The molecular formula is C21H34O3Si. The van der Waals surface area contributed by atoms with Gasteiger partial charge >= 0.3 is 5.97 Å². The largest absolute Gasteiger partial charge is 0.455 e. The van der Waals surface area contributed by atoms with Gasteiger partial charge in [0.2, 0.25) is 0 Å². The molecule has 0 aliphatic heterocycles. The normalized spacial score (nSPS) is 13.8. The van der Waals surface area contributed by atoms with Crippen molar-refractivity contribution in [3.63, 3.8) is 0 Å². The number of unbranched alkanes of at least 4 members (excludes halogenated alkanes) is 2. The van der Waals surface area contributed by atoms with Crippen LogP contribution in [0.5, 0.6) is 0 Å². The van der Waals surface area contributed by atoms with Gasteiger partial charge in [-0.25, -0.2) is 4.79 Å². The molecule has 0 fully saturated rings. The van der Waals surface area contributed by atoms with Crippen LogP contribution in [0, 0.1) is 0 Å². The summed E-state index contributed by atoms with van der Waals surface area (Å²) in [6.07, 6.45) is 6.97. The third kappa shape index (κ3) is 8.02. The summed E-state index contributed by atoms with van der Waals surface area (Å²) in [4.78, 5) is 11.9. The van der Waals surface area contributed by atoms with Crippen molar-refractivity contribution < 1.29 is 14.0 Å². The van der Waals surface area contributed by atoms with E-state index in [4.69, 9.17) is 9.16 Å². The highest BCUT2D eigenvalue weighted by Crippen LogP contribution is 2.36. The van der Waals surface area contributed by atoms with Crippen LogP contribution in [0.3, 0.4) is 0 Å². The number of hydrogen-bond donors (Lipinski definition) is 0. The monoisotopic (exact) mass is 362 g/mol. The van der Waals surface area contributed by atoms with Crippen LogP contribution in [0.25, 0.3) is 0 Å². The number of ether oxygens (including phenoxy) is 1. The van der Waals surface area contributed by atoms with Crippen LogP contribution in [-0.4, -0.2) is 27.0 Å². The molecule has 1 aromatic rings. The van der Waals surface area contributed by atoms with E-state index >= 15 is 0 Å². The Balaban J connectivity index is 2.20. The van der Waals surface area contributed by atoms with Crippen molar-refractivity contribution in [2.45, 2.75) is 71.2 Å².